The van der Waals surface area contributed by atoms with Crippen molar-refractivity contribution in [3.8, 4) is 5.75 Å². The van der Waals surface area contributed by atoms with E-state index in [4.69, 9.17) is 9.47 Å². The number of hydrogen-bond donors (Lipinski definition) is 0. The molecule has 1 unspecified atom stereocenters. The minimum absolute atomic E-state index is 0.143. The van der Waals surface area contributed by atoms with E-state index in [9.17, 15) is 4.79 Å². The Labute approximate surface area is 188 Å². The molecule has 0 amide bonds. The molecule has 7 rings (SSSR count). The maximum Gasteiger partial charge on any atom is 0.260 e. The van der Waals surface area contributed by atoms with Crippen LogP contribution in [0.2, 0.25) is 0 Å². The van der Waals surface area contributed by atoms with Crippen molar-refractivity contribution in [3.05, 3.63) is 40.8 Å². The predicted molar refractivity (Wildman–Crippen MR) is 126 cm³/mol. The highest BCUT2D eigenvalue weighted by Crippen LogP contribution is 2.37. The van der Waals surface area contributed by atoms with Gasteiger partial charge in [0.1, 0.15) is 5.75 Å². The monoisotopic (exact) mass is 436 g/mol. The Morgan fingerprint density at radius 3 is 2.59 bits per heavy atom. The lowest BCUT2D eigenvalue weighted by Gasteiger charge is -2.45. The normalized spacial score (nSPS) is 26.2. The highest BCUT2D eigenvalue weighted by atomic mass is 16.5. The third-order valence-corrected chi connectivity index (χ3v) is 7.87. The number of ether oxygens (including phenoxy) is 2. The lowest BCUT2D eigenvalue weighted by atomic mass is 9.84. The van der Waals surface area contributed by atoms with Crippen molar-refractivity contribution < 1.29 is 9.47 Å². The number of aromatic nitrogens is 2. The topological polar surface area (TPSA) is 51.9 Å². The van der Waals surface area contributed by atoms with Crippen LogP contribution in [0.1, 0.15) is 18.9 Å². The van der Waals surface area contributed by atoms with Gasteiger partial charge >= 0.3 is 0 Å². The quantitative estimate of drug-likeness (QED) is 0.615. The van der Waals surface area contributed by atoms with Crippen LogP contribution in [0, 0.1) is 5.92 Å². The number of fused-ring (bicyclic) bond motifs is 6. The van der Waals surface area contributed by atoms with Gasteiger partial charge in [-0.05, 0) is 44.0 Å². The van der Waals surface area contributed by atoms with Gasteiger partial charge in [-0.15, -0.1) is 0 Å². The van der Waals surface area contributed by atoms with Crippen LogP contribution in [-0.2, 0) is 11.3 Å². The number of morpholine rings is 1. The van der Waals surface area contributed by atoms with Crippen molar-refractivity contribution in [1.29, 1.82) is 0 Å². The molecule has 0 aliphatic carbocycles. The van der Waals surface area contributed by atoms with E-state index in [1.54, 1.807) is 7.11 Å². The molecule has 32 heavy (non-hydrogen) atoms. The molecule has 2 bridgehead atoms. The Morgan fingerprint density at radius 1 is 1.06 bits per heavy atom. The van der Waals surface area contributed by atoms with E-state index in [-0.39, 0.29) is 11.6 Å². The van der Waals surface area contributed by atoms with Gasteiger partial charge in [0.2, 0.25) is 0 Å². The molecule has 0 radical (unpaired) electrons. The lowest BCUT2D eigenvalue weighted by molar-refractivity contribution is 0.0366. The van der Waals surface area contributed by atoms with Gasteiger partial charge in [0.15, 0.2) is 0 Å². The number of benzene rings is 1. The molecule has 7 heteroatoms. The van der Waals surface area contributed by atoms with Crippen LogP contribution in [0.4, 0.5) is 0 Å². The summed E-state index contributed by atoms with van der Waals surface area (Å²) in [6, 6.07) is 8.52. The number of hydrogen-bond acceptors (Lipinski definition) is 5. The van der Waals surface area contributed by atoms with Crippen LogP contribution in [0.15, 0.2) is 35.3 Å². The standard InChI is InChI=1S/C25H32N4O3/c1-31-22-4-2-3-19-23-20(28(24(19)22)12-11-26-13-15-32-16-14-26)7-10-29(25(23)30)21-17-27-8-5-18(21)6-9-27/h2-4,7,10,18,21H,5-6,8-9,11-17H2,1H3. The van der Waals surface area contributed by atoms with Crippen molar-refractivity contribution in [2.24, 2.45) is 5.92 Å². The molecule has 4 saturated heterocycles. The van der Waals surface area contributed by atoms with E-state index in [0.29, 0.717) is 5.92 Å². The molecule has 4 aliphatic rings. The summed E-state index contributed by atoms with van der Waals surface area (Å²) in [6.07, 6.45) is 4.45. The average molecular weight is 437 g/mol. The van der Waals surface area contributed by atoms with Gasteiger partial charge in [0, 0.05) is 44.3 Å². The Kier molecular flexibility index (Phi) is 5.20. The summed E-state index contributed by atoms with van der Waals surface area (Å²) in [7, 11) is 1.71. The van der Waals surface area contributed by atoms with E-state index in [1.807, 2.05) is 22.9 Å². The van der Waals surface area contributed by atoms with Crippen molar-refractivity contribution >= 4 is 21.8 Å². The molecule has 4 fully saturated rings. The maximum absolute atomic E-state index is 13.9. The fraction of sp³-hybridized carbons (Fsp3) is 0.560. The molecule has 1 atom stereocenters. The number of rotatable bonds is 5. The highest BCUT2D eigenvalue weighted by Gasteiger charge is 2.36. The van der Waals surface area contributed by atoms with Gasteiger partial charge in [0.05, 0.1) is 42.8 Å². The SMILES string of the molecule is COc1cccc2c3c(=O)n(C4CN5CCC4CC5)ccc3n(CCN3CCOCC3)c12. The van der Waals surface area contributed by atoms with Gasteiger partial charge in [-0.25, -0.2) is 0 Å². The molecule has 0 N–H and O–H groups in total. The summed E-state index contributed by atoms with van der Waals surface area (Å²) in [4.78, 5) is 18.8. The molecular weight excluding hydrogens is 404 g/mol. The zero-order chi connectivity index (χ0) is 21.7. The first-order chi connectivity index (χ1) is 15.7. The molecule has 6 heterocycles. The third kappa shape index (κ3) is 3.26. The summed E-state index contributed by atoms with van der Waals surface area (Å²) in [5.74, 6) is 1.44. The van der Waals surface area contributed by atoms with Crippen LogP contribution < -0.4 is 10.3 Å². The van der Waals surface area contributed by atoms with Crippen molar-refractivity contribution in [2.45, 2.75) is 25.4 Å². The van der Waals surface area contributed by atoms with E-state index in [2.05, 4.69) is 26.5 Å². The Hall–Kier alpha value is -2.35. The second kappa shape index (κ2) is 8.21. The zero-order valence-corrected chi connectivity index (χ0v) is 18.8. The summed E-state index contributed by atoms with van der Waals surface area (Å²) in [6.45, 7) is 8.61. The van der Waals surface area contributed by atoms with E-state index in [0.717, 1.165) is 73.5 Å². The van der Waals surface area contributed by atoms with Crippen molar-refractivity contribution in [3.63, 3.8) is 0 Å². The molecule has 0 spiro atoms. The Balaban J connectivity index is 1.47. The summed E-state index contributed by atoms with van der Waals surface area (Å²) >= 11 is 0. The molecule has 7 nitrogen and oxygen atoms in total. The first-order valence-corrected chi connectivity index (χ1v) is 12.0. The Morgan fingerprint density at radius 2 is 1.88 bits per heavy atom. The van der Waals surface area contributed by atoms with Crippen LogP contribution in [0.3, 0.4) is 0 Å². The van der Waals surface area contributed by atoms with Crippen LogP contribution in [-0.4, -0.2) is 78.5 Å². The number of para-hydroxylation sites is 1. The van der Waals surface area contributed by atoms with Crippen LogP contribution in [0.5, 0.6) is 5.75 Å². The minimum Gasteiger partial charge on any atom is -0.495 e. The van der Waals surface area contributed by atoms with Gasteiger partial charge in [-0.2, -0.15) is 0 Å². The molecule has 3 aromatic rings. The smallest absolute Gasteiger partial charge is 0.260 e. The van der Waals surface area contributed by atoms with Gasteiger partial charge in [-0.3, -0.25) is 9.69 Å². The fourth-order valence-corrected chi connectivity index (χ4v) is 6.11. The summed E-state index contributed by atoms with van der Waals surface area (Å²) in [5.41, 5.74) is 2.19. The molecular formula is C25H32N4O3. The second-order valence-corrected chi connectivity index (χ2v) is 9.46. The molecule has 4 aliphatic heterocycles. The van der Waals surface area contributed by atoms with E-state index >= 15 is 0 Å². The van der Waals surface area contributed by atoms with Crippen molar-refractivity contribution in [2.75, 3.05) is 59.6 Å². The third-order valence-electron chi connectivity index (χ3n) is 7.87. The molecule has 0 saturated carbocycles. The van der Waals surface area contributed by atoms with Gasteiger partial charge < -0.3 is 23.5 Å². The maximum atomic E-state index is 13.9. The first-order valence-electron chi connectivity index (χ1n) is 12.0. The average Bonchev–Trinajstić information content (AvgIpc) is 3.18. The fourth-order valence-electron chi connectivity index (χ4n) is 6.11. The number of pyridine rings is 1. The Bertz CT molecular complexity index is 1190. The molecule has 2 aromatic heterocycles. The highest BCUT2D eigenvalue weighted by molar-refractivity contribution is 6.09. The van der Waals surface area contributed by atoms with E-state index in [1.165, 1.54) is 25.9 Å². The minimum atomic E-state index is 0.143. The van der Waals surface area contributed by atoms with Gasteiger partial charge in [-0.1, -0.05) is 12.1 Å². The second-order valence-electron chi connectivity index (χ2n) is 9.46. The first kappa shape index (κ1) is 20.3. The number of piperidine rings is 3. The van der Waals surface area contributed by atoms with Gasteiger partial charge in [0.25, 0.3) is 5.56 Å². The summed E-state index contributed by atoms with van der Waals surface area (Å²) < 4.78 is 15.6. The molecule has 1 aromatic carbocycles. The number of methoxy groups -OCH3 is 1. The molecule has 170 valence electrons. The zero-order valence-electron chi connectivity index (χ0n) is 18.8. The largest absolute Gasteiger partial charge is 0.495 e. The summed E-state index contributed by atoms with van der Waals surface area (Å²) in [5, 5.41) is 1.83. The van der Waals surface area contributed by atoms with Crippen LogP contribution >= 0.6 is 0 Å². The van der Waals surface area contributed by atoms with E-state index < -0.39 is 0 Å². The predicted octanol–water partition coefficient (Wildman–Crippen LogP) is 2.56. The number of nitrogens with zero attached hydrogens (tertiary/aromatic N) is 4. The van der Waals surface area contributed by atoms with Crippen molar-refractivity contribution in [1.82, 2.24) is 18.9 Å². The lowest BCUT2D eigenvalue weighted by Crippen LogP contribution is -2.49. The van der Waals surface area contributed by atoms with Crippen LogP contribution in [0.25, 0.3) is 21.8 Å².